The first-order chi connectivity index (χ1) is 16.7. The number of fused-ring (bicyclic) bond motifs is 1. The number of carbonyl (C=O) groups is 2. The number of sulfonamides is 1. The highest BCUT2D eigenvalue weighted by Crippen LogP contribution is 2.30. The van der Waals surface area contributed by atoms with Gasteiger partial charge in [-0.2, -0.15) is 4.31 Å². The summed E-state index contributed by atoms with van der Waals surface area (Å²) in [7, 11) is -3.61. The molecule has 0 saturated heterocycles. The average Bonchev–Trinajstić information content (AvgIpc) is 3.26. The zero-order valence-corrected chi connectivity index (χ0v) is 21.2. The van der Waals surface area contributed by atoms with Crippen molar-refractivity contribution < 1.29 is 18.0 Å². The Morgan fingerprint density at radius 1 is 0.943 bits per heavy atom. The van der Waals surface area contributed by atoms with Gasteiger partial charge in [-0.3, -0.25) is 14.9 Å². The molecule has 180 valence electrons. The fraction of sp³-hybridized carbons (Fsp3) is 0.192. The number of aromatic nitrogens is 1. The van der Waals surface area contributed by atoms with Crippen LogP contribution in [0.25, 0.3) is 10.2 Å². The number of hydrogen-bond donors (Lipinski definition) is 1. The molecule has 0 spiro atoms. The molecule has 1 heterocycles. The van der Waals surface area contributed by atoms with Crippen molar-refractivity contribution >= 4 is 48.4 Å². The van der Waals surface area contributed by atoms with Crippen molar-refractivity contribution in [2.45, 2.75) is 25.7 Å². The maximum Gasteiger partial charge on any atom is 0.258 e. The molecule has 0 fully saturated rings. The van der Waals surface area contributed by atoms with E-state index in [2.05, 4.69) is 10.3 Å². The summed E-state index contributed by atoms with van der Waals surface area (Å²) >= 11 is 1.18. The van der Waals surface area contributed by atoms with Gasteiger partial charge in [0, 0.05) is 24.2 Å². The summed E-state index contributed by atoms with van der Waals surface area (Å²) in [6.45, 7) is 6.28. The average molecular weight is 508 g/mol. The Morgan fingerprint density at radius 3 is 2.26 bits per heavy atom. The highest BCUT2D eigenvalue weighted by molar-refractivity contribution is 7.89. The number of benzene rings is 3. The van der Waals surface area contributed by atoms with Crippen molar-refractivity contribution in [3.63, 3.8) is 0 Å². The summed E-state index contributed by atoms with van der Waals surface area (Å²) in [5.41, 5.74) is 2.65. The van der Waals surface area contributed by atoms with Gasteiger partial charge in [-0.05, 0) is 31.2 Å². The minimum atomic E-state index is -3.61. The first kappa shape index (κ1) is 24.7. The van der Waals surface area contributed by atoms with Crippen molar-refractivity contribution in [2.24, 2.45) is 0 Å². The van der Waals surface area contributed by atoms with Gasteiger partial charge in [-0.15, -0.1) is 0 Å². The van der Waals surface area contributed by atoms with E-state index in [1.807, 2.05) is 19.1 Å². The molecule has 0 aliphatic heterocycles. The Hall–Kier alpha value is -3.40. The molecular weight excluding hydrogens is 482 g/mol. The Kier molecular flexibility index (Phi) is 7.11. The third-order valence-electron chi connectivity index (χ3n) is 5.65. The molecule has 0 aliphatic carbocycles. The van der Waals surface area contributed by atoms with Gasteiger partial charge in [0.15, 0.2) is 10.9 Å². The zero-order valence-electron chi connectivity index (χ0n) is 19.6. The lowest BCUT2D eigenvalue weighted by atomic mass is 9.97. The molecular formula is C26H25N3O4S2. The lowest BCUT2D eigenvalue weighted by Gasteiger charge is -2.18. The number of amides is 1. The summed E-state index contributed by atoms with van der Waals surface area (Å²) in [6.07, 6.45) is 0. The van der Waals surface area contributed by atoms with Crippen LogP contribution >= 0.6 is 11.3 Å². The first-order valence-electron chi connectivity index (χ1n) is 11.2. The van der Waals surface area contributed by atoms with Crippen LogP contribution in [0.3, 0.4) is 0 Å². The van der Waals surface area contributed by atoms with Crippen molar-refractivity contribution in [1.82, 2.24) is 9.29 Å². The Labute approximate surface area is 208 Å². The molecule has 3 aromatic carbocycles. The van der Waals surface area contributed by atoms with Gasteiger partial charge in [0.2, 0.25) is 10.0 Å². The van der Waals surface area contributed by atoms with Gasteiger partial charge in [-0.25, -0.2) is 13.4 Å². The minimum absolute atomic E-state index is 0.185. The van der Waals surface area contributed by atoms with Crippen LogP contribution in [-0.2, 0) is 10.0 Å². The zero-order chi connectivity index (χ0) is 25.2. The highest BCUT2D eigenvalue weighted by atomic mass is 32.2. The first-order valence-corrected chi connectivity index (χ1v) is 13.4. The smallest absolute Gasteiger partial charge is 0.258 e. The Balaban J connectivity index is 1.61. The molecule has 1 amide bonds. The van der Waals surface area contributed by atoms with E-state index in [9.17, 15) is 18.0 Å². The number of ketones is 1. The summed E-state index contributed by atoms with van der Waals surface area (Å²) in [5, 5.41) is 3.08. The second kappa shape index (κ2) is 10.1. The molecule has 4 rings (SSSR count). The van der Waals surface area contributed by atoms with Gasteiger partial charge < -0.3 is 0 Å². The molecule has 0 saturated carbocycles. The van der Waals surface area contributed by atoms with E-state index in [0.717, 1.165) is 5.56 Å². The molecule has 0 unspecified atom stereocenters. The molecule has 9 heteroatoms. The second-order valence-electron chi connectivity index (χ2n) is 7.93. The highest BCUT2D eigenvalue weighted by Gasteiger charge is 2.23. The molecule has 7 nitrogen and oxygen atoms in total. The van der Waals surface area contributed by atoms with Crippen LogP contribution in [0, 0.1) is 6.92 Å². The van der Waals surface area contributed by atoms with Crippen molar-refractivity contribution in [2.75, 3.05) is 18.4 Å². The van der Waals surface area contributed by atoms with Crippen LogP contribution in [0.15, 0.2) is 71.6 Å². The summed E-state index contributed by atoms with van der Waals surface area (Å²) in [5.74, 6) is -0.706. The van der Waals surface area contributed by atoms with Gasteiger partial charge in [0.05, 0.1) is 20.7 Å². The van der Waals surface area contributed by atoms with E-state index >= 15 is 0 Å². The molecule has 0 atom stereocenters. The Morgan fingerprint density at radius 2 is 1.60 bits per heavy atom. The summed E-state index contributed by atoms with van der Waals surface area (Å²) < 4.78 is 27.7. The normalized spacial score (nSPS) is 11.7. The molecule has 1 N–H and O–H groups in total. The number of anilines is 1. The van der Waals surface area contributed by atoms with E-state index < -0.39 is 15.9 Å². The monoisotopic (exact) mass is 507 g/mol. The third-order valence-corrected chi connectivity index (χ3v) is 8.63. The standard InChI is InChI=1S/C26H25N3O4S2/c1-4-29(5-2)35(32,33)19-14-15-22-23(16-19)34-26(27-22)28-25(31)21-9-7-6-8-20(21)24(30)18-12-10-17(3)11-13-18/h6-16H,4-5H2,1-3H3,(H,27,28,31). The second-order valence-corrected chi connectivity index (χ2v) is 10.9. The van der Waals surface area contributed by atoms with Crippen LogP contribution in [-0.4, -0.2) is 42.5 Å². The van der Waals surface area contributed by atoms with Crippen LogP contribution < -0.4 is 5.32 Å². The predicted molar refractivity (Wildman–Crippen MR) is 139 cm³/mol. The number of thiazole rings is 1. The quantitative estimate of drug-likeness (QED) is 0.334. The number of aryl methyl sites for hydroxylation is 1. The van der Waals surface area contributed by atoms with Gasteiger partial charge in [0.1, 0.15) is 0 Å². The molecule has 35 heavy (non-hydrogen) atoms. The number of nitrogens with zero attached hydrogens (tertiary/aromatic N) is 2. The number of hydrogen-bond acceptors (Lipinski definition) is 6. The number of nitrogens with one attached hydrogen (secondary N) is 1. The fourth-order valence-electron chi connectivity index (χ4n) is 3.74. The molecule has 4 aromatic rings. The summed E-state index contributed by atoms with van der Waals surface area (Å²) in [4.78, 5) is 30.8. The molecule has 1 aromatic heterocycles. The lowest BCUT2D eigenvalue weighted by Crippen LogP contribution is -2.30. The topological polar surface area (TPSA) is 96.4 Å². The van der Waals surface area contributed by atoms with Gasteiger partial charge >= 0.3 is 0 Å². The van der Waals surface area contributed by atoms with Gasteiger partial charge in [0.25, 0.3) is 5.91 Å². The largest absolute Gasteiger partial charge is 0.298 e. The van der Waals surface area contributed by atoms with Gasteiger partial charge in [-0.1, -0.05) is 73.2 Å². The maximum absolute atomic E-state index is 13.1. The van der Waals surface area contributed by atoms with Crippen molar-refractivity contribution in [1.29, 1.82) is 0 Å². The number of carbonyl (C=O) groups excluding carboxylic acids is 2. The van der Waals surface area contributed by atoms with Crippen LogP contribution in [0.1, 0.15) is 45.7 Å². The van der Waals surface area contributed by atoms with E-state index in [4.69, 9.17) is 0 Å². The third kappa shape index (κ3) is 5.02. The lowest BCUT2D eigenvalue weighted by molar-refractivity contribution is 0.0996. The summed E-state index contributed by atoms with van der Waals surface area (Å²) in [6, 6.07) is 18.6. The van der Waals surface area contributed by atoms with E-state index in [1.165, 1.54) is 21.7 Å². The fourth-order valence-corrected chi connectivity index (χ4v) is 6.20. The van der Waals surface area contributed by atoms with Crippen molar-refractivity contribution in [3.05, 3.63) is 89.0 Å². The minimum Gasteiger partial charge on any atom is -0.298 e. The molecule has 0 bridgehead atoms. The van der Waals surface area contributed by atoms with Crippen LogP contribution in [0.4, 0.5) is 5.13 Å². The van der Waals surface area contributed by atoms with E-state index in [-0.39, 0.29) is 16.2 Å². The van der Waals surface area contributed by atoms with Crippen LogP contribution in [0.5, 0.6) is 0 Å². The van der Waals surface area contributed by atoms with Crippen molar-refractivity contribution in [3.8, 4) is 0 Å². The molecule has 0 aliphatic rings. The predicted octanol–water partition coefficient (Wildman–Crippen LogP) is 5.12. The Bertz CT molecular complexity index is 1510. The van der Waals surface area contributed by atoms with E-state index in [0.29, 0.717) is 39.6 Å². The SMILES string of the molecule is CCN(CC)S(=O)(=O)c1ccc2nc(NC(=O)c3ccccc3C(=O)c3ccc(C)cc3)sc2c1. The number of rotatable bonds is 8. The maximum atomic E-state index is 13.1. The molecule has 0 radical (unpaired) electrons. The van der Waals surface area contributed by atoms with Crippen LogP contribution in [0.2, 0.25) is 0 Å². The van der Waals surface area contributed by atoms with E-state index in [1.54, 1.807) is 62.4 Å².